The van der Waals surface area contributed by atoms with E-state index in [-0.39, 0.29) is 17.7 Å². The summed E-state index contributed by atoms with van der Waals surface area (Å²) in [5.74, 6) is 0.0632. The second-order valence-electron chi connectivity index (χ2n) is 6.52. The highest BCUT2D eigenvalue weighted by molar-refractivity contribution is 7.13. The number of carbonyl (C=O) groups is 2. The highest BCUT2D eigenvalue weighted by Gasteiger charge is 2.28. The van der Waals surface area contributed by atoms with E-state index in [1.807, 2.05) is 40.7 Å². The molecule has 0 spiro atoms. The van der Waals surface area contributed by atoms with Gasteiger partial charge < -0.3 is 15.2 Å². The van der Waals surface area contributed by atoms with E-state index in [1.165, 1.54) is 11.3 Å². The van der Waals surface area contributed by atoms with E-state index in [4.69, 9.17) is 0 Å². The Morgan fingerprint density at radius 2 is 2.08 bits per heavy atom. The maximum atomic E-state index is 12.6. The third-order valence-corrected chi connectivity index (χ3v) is 5.59. The van der Waals surface area contributed by atoms with Gasteiger partial charge in [0.05, 0.1) is 6.42 Å². The summed E-state index contributed by atoms with van der Waals surface area (Å²) in [6, 6.07) is 8.00. The Bertz CT molecular complexity index is 911. The van der Waals surface area contributed by atoms with Gasteiger partial charge >= 0.3 is 0 Å². The van der Waals surface area contributed by atoms with Gasteiger partial charge in [0, 0.05) is 47.7 Å². The molecule has 0 bridgehead atoms. The summed E-state index contributed by atoms with van der Waals surface area (Å²) < 4.78 is 0. The lowest BCUT2D eigenvalue weighted by atomic mass is 9.95. The Morgan fingerprint density at radius 1 is 1.27 bits per heavy atom. The van der Waals surface area contributed by atoms with Crippen LogP contribution in [-0.2, 0) is 16.0 Å². The Balaban J connectivity index is 1.32. The number of piperidine rings is 1. The van der Waals surface area contributed by atoms with Crippen molar-refractivity contribution < 1.29 is 9.59 Å². The quantitative estimate of drug-likeness (QED) is 0.743. The molecule has 0 unspecified atom stereocenters. The lowest BCUT2D eigenvalue weighted by Gasteiger charge is -2.31. The molecule has 3 aromatic rings. The minimum atomic E-state index is -0.0592. The zero-order valence-corrected chi connectivity index (χ0v) is 15.1. The first-order valence-electron chi connectivity index (χ1n) is 8.74. The van der Waals surface area contributed by atoms with Crippen molar-refractivity contribution in [3.05, 3.63) is 47.6 Å². The predicted octanol–water partition coefficient (Wildman–Crippen LogP) is 3.04. The SMILES string of the molecule is O=C(Nc1nccs1)C1CCN(C(=O)Cc2c[nH]c3ccccc23)CC1. The number of likely N-dealkylation sites (tertiary alicyclic amines) is 1. The zero-order valence-electron chi connectivity index (χ0n) is 14.3. The molecule has 1 fully saturated rings. The van der Waals surface area contributed by atoms with Gasteiger partial charge in [-0.2, -0.15) is 0 Å². The average molecular weight is 368 g/mol. The molecule has 7 heteroatoms. The van der Waals surface area contributed by atoms with Gasteiger partial charge in [0.1, 0.15) is 0 Å². The second kappa shape index (κ2) is 7.29. The molecule has 0 atom stereocenters. The topological polar surface area (TPSA) is 78.1 Å². The Morgan fingerprint density at radius 3 is 2.85 bits per heavy atom. The average Bonchev–Trinajstić information content (AvgIpc) is 3.32. The first kappa shape index (κ1) is 16.8. The normalized spacial score (nSPS) is 15.3. The molecule has 2 amide bonds. The van der Waals surface area contributed by atoms with Crippen LogP contribution in [0.15, 0.2) is 42.0 Å². The van der Waals surface area contributed by atoms with Gasteiger partial charge in [0.2, 0.25) is 11.8 Å². The Hall–Kier alpha value is -2.67. The third-order valence-electron chi connectivity index (χ3n) is 4.90. The molecule has 134 valence electrons. The third kappa shape index (κ3) is 3.48. The number of nitrogens with one attached hydrogen (secondary N) is 2. The fraction of sp³-hybridized carbons (Fsp3) is 0.316. The minimum Gasteiger partial charge on any atom is -0.361 e. The maximum Gasteiger partial charge on any atom is 0.229 e. The van der Waals surface area contributed by atoms with E-state index in [0.717, 1.165) is 16.5 Å². The first-order chi connectivity index (χ1) is 12.7. The zero-order chi connectivity index (χ0) is 17.9. The predicted molar refractivity (Wildman–Crippen MR) is 102 cm³/mol. The van der Waals surface area contributed by atoms with E-state index in [1.54, 1.807) is 6.20 Å². The molecular weight excluding hydrogens is 348 g/mol. The number of H-pyrrole nitrogens is 1. The molecule has 4 rings (SSSR count). The van der Waals surface area contributed by atoms with Crippen LogP contribution in [0.2, 0.25) is 0 Å². The lowest BCUT2D eigenvalue weighted by Crippen LogP contribution is -2.42. The molecular formula is C19H20N4O2S. The molecule has 3 heterocycles. The van der Waals surface area contributed by atoms with Crippen molar-refractivity contribution in [2.45, 2.75) is 19.3 Å². The minimum absolute atomic E-state index is 0.00341. The van der Waals surface area contributed by atoms with Crippen LogP contribution in [0, 0.1) is 5.92 Å². The number of benzene rings is 1. The molecule has 2 aromatic heterocycles. The van der Waals surface area contributed by atoms with E-state index in [0.29, 0.717) is 37.5 Å². The summed E-state index contributed by atoms with van der Waals surface area (Å²) >= 11 is 1.41. The molecule has 0 radical (unpaired) electrons. The highest BCUT2D eigenvalue weighted by atomic mass is 32.1. The van der Waals surface area contributed by atoms with E-state index >= 15 is 0 Å². The molecule has 0 aliphatic carbocycles. The van der Waals surface area contributed by atoms with Crippen molar-refractivity contribution in [3.63, 3.8) is 0 Å². The fourth-order valence-electron chi connectivity index (χ4n) is 3.44. The van der Waals surface area contributed by atoms with E-state index in [2.05, 4.69) is 15.3 Å². The van der Waals surface area contributed by atoms with Crippen molar-refractivity contribution in [3.8, 4) is 0 Å². The van der Waals surface area contributed by atoms with E-state index < -0.39 is 0 Å². The van der Waals surface area contributed by atoms with Crippen molar-refractivity contribution >= 4 is 39.2 Å². The van der Waals surface area contributed by atoms with Gasteiger partial charge in [-0.25, -0.2) is 4.98 Å². The van der Waals surface area contributed by atoms with E-state index in [9.17, 15) is 9.59 Å². The van der Waals surface area contributed by atoms with Crippen LogP contribution in [0.1, 0.15) is 18.4 Å². The first-order valence-corrected chi connectivity index (χ1v) is 9.62. The van der Waals surface area contributed by atoms with Gasteiger partial charge in [-0.05, 0) is 24.5 Å². The Labute approximate surface area is 155 Å². The molecule has 6 nitrogen and oxygen atoms in total. The number of amides is 2. The van der Waals surface area contributed by atoms with Gasteiger partial charge in [-0.15, -0.1) is 11.3 Å². The molecule has 2 N–H and O–H groups in total. The maximum absolute atomic E-state index is 12.6. The molecule has 1 aliphatic heterocycles. The molecule has 1 aromatic carbocycles. The van der Waals surface area contributed by atoms with Crippen LogP contribution in [-0.4, -0.2) is 39.8 Å². The number of aromatic amines is 1. The number of thiazole rings is 1. The molecule has 0 saturated carbocycles. The van der Waals surface area contributed by atoms with Gasteiger partial charge in [0.15, 0.2) is 5.13 Å². The molecule has 26 heavy (non-hydrogen) atoms. The number of hydrogen-bond acceptors (Lipinski definition) is 4. The standard InChI is InChI=1S/C19H20N4O2S/c24-17(11-14-12-21-16-4-2-1-3-15(14)16)23-8-5-13(6-9-23)18(25)22-19-20-7-10-26-19/h1-4,7,10,12-13,21H,5-6,8-9,11H2,(H,20,22,25). The van der Waals surface area contributed by atoms with Crippen LogP contribution >= 0.6 is 11.3 Å². The number of carbonyl (C=O) groups excluding carboxylic acids is 2. The summed E-state index contributed by atoms with van der Waals surface area (Å²) in [5.41, 5.74) is 2.07. The Kier molecular flexibility index (Phi) is 4.71. The number of nitrogens with zero attached hydrogens (tertiary/aromatic N) is 2. The largest absolute Gasteiger partial charge is 0.361 e. The van der Waals surface area contributed by atoms with Crippen LogP contribution in [0.4, 0.5) is 5.13 Å². The number of rotatable bonds is 4. The smallest absolute Gasteiger partial charge is 0.229 e. The summed E-state index contributed by atoms with van der Waals surface area (Å²) in [7, 11) is 0. The number of para-hydroxylation sites is 1. The highest BCUT2D eigenvalue weighted by Crippen LogP contribution is 2.23. The number of hydrogen-bond donors (Lipinski definition) is 2. The molecule has 1 aliphatic rings. The van der Waals surface area contributed by atoms with Crippen molar-refractivity contribution in [1.82, 2.24) is 14.9 Å². The summed E-state index contributed by atoms with van der Waals surface area (Å²) in [6.45, 7) is 1.24. The summed E-state index contributed by atoms with van der Waals surface area (Å²) in [5, 5.41) is 6.42. The lowest BCUT2D eigenvalue weighted by molar-refractivity contribution is -0.133. The summed E-state index contributed by atoms with van der Waals surface area (Å²) in [6.07, 6.45) is 5.36. The van der Waals surface area contributed by atoms with Crippen LogP contribution in [0.3, 0.4) is 0 Å². The second-order valence-corrected chi connectivity index (χ2v) is 7.41. The number of anilines is 1. The van der Waals surface area contributed by atoms with Crippen LogP contribution in [0.25, 0.3) is 10.9 Å². The fourth-order valence-corrected chi connectivity index (χ4v) is 3.97. The van der Waals surface area contributed by atoms with Crippen molar-refractivity contribution in [1.29, 1.82) is 0 Å². The van der Waals surface area contributed by atoms with Crippen LogP contribution < -0.4 is 5.32 Å². The monoisotopic (exact) mass is 368 g/mol. The van der Waals surface area contributed by atoms with Crippen LogP contribution in [0.5, 0.6) is 0 Å². The number of fused-ring (bicyclic) bond motifs is 1. The van der Waals surface area contributed by atoms with Gasteiger partial charge in [-0.1, -0.05) is 18.2 Å². The summed E-state index contributed by atoms with van der Waals surface area (Å²) in [4.78, 5) is 34.1. The number of aromatic nitrogens is 2. The van der Waals surface area contributed by atoms with Gasteiger partial charge in [-0.3, -0.25) is 9.59 Å². The van der Waals surface area contributed by atoms with Crippen molar-refractivity contribution in [2.24, 2.45) is 5.92 Å². The van der Waals surface area contributed by atoms with Crippen molar-refractivity contribution in [2.75, 3.05) is 18.4 Å². The van der Waals surface area contributed by atoms with Gasteiger partial charge in [0.25, 0.3) is 0 Å². The molecule has 1 saturated heterocycles.